The number of sulfonamides is 1. The SMILES string of the molecule is COC(=O)NC(=O)[C@@H](C)N1CCN(S(=O)(=O)c2c(F)cccc2F)CC1. The van der Waals surface area contributed by atoms with E-state index in [0.717, 1.165) is 29.6 Å². The van der Waals surface area contributed by atoms with Crippen molar-refractivity contribution in [3.8, 4) is 0 Å². The summed E-state index contributed by atoms with van der Waals surface area (Å²) in [5, 5.41) is 2.04. The molecule has 11 heteroatoms. The lowest BCUT2D eigenvalue weighted by Gasteiger charge is -2.36. The molecule has 0 bridgehead atoms. The third-order valence-corrected chi connectivity index (χ3v) is 6.08. The Hall–Kier alpha value is -2.11. The minimum Gasteiger partial charge on any atom is -0.453 e. The molecule has 1 aromatic rings. The number of ether oxygens (including phenoxy) is 1. The van der Waals surface area contributed by atoms with Crippen LogP contribution in [-0.4, -0.2) is 69.0 Å². The first-order valence-corrected chi connectivity index (χ1v) is 9.19. The average Bonchev–Trinajstić information content (AvgIpc) is 2.60. The van der Waals surface area contributed by atoms with E-state index >= 15 is 0 Å². The molecule has 0 saturated carbocycles. The molecule has 2 rings (SSSR count). The Morgan fingerprint density at radius 1 is 1.15 bits per heavy atom. The predicted molar refractivity (Wildman–Crippen MR) is 86.7 cm³/mol. The Kier molecular flexibility index (Phi) is 6.26. The van der Waals surface area contributed by atoms with Crippen LogP contribution in [0.25, 0.3) is 0 Å². The number of methoxy groups -OCH3 is 1. The van der Waals surface area contributed by atoms with Crippen molar-refractivity contribution in [1.29, 1.82) is 0 Å². The molecule has 8 nitrogen and oxygen atoms in total. The van der Waals surface area contributed by atoms with Crippen molar-refractivity contribution >= 4 is 22.0 Å². The summed E-state index contributed by atoms with van der Waals surface area (Å²) in [4.78, 5) is 23.7. The van der Waals surface area contributed by atoms with Gasteiger partial charge in [0.15, 0.2) is 4.90 Å². The first-order chi connectivity index (χ1) is 12.2. The number of alkyl carbamates (subject to hydrolysis) is 1. The molecule has 2 amide bonds. The fraction of sp³-hybridized carbons (Fsp3) is 0.467. The summed E-state index contributed by atoms with van der Waals surface area (Å²) < 4.78 is 58.0. The highest BCUT2D eigenvalue weighted by Gasteiger charge is 2.35. The van der Waals surface area contributed by atoms with Gasteiger partial charge in [0, 0.05) is 26.2 Å². The van der Waals surface area contributed by atoms with Gasteiger partial charge in [0.2, 0.25) is 15.9 Å². The van der Waals surface area contributed by atoms with E-state index in [1.165, 1.54) is 0 Å². The van der Waals surface area contributed by atoms with E-state index < -0.39 is 44.6 Å². The summed E-state index contributed by atoms with van der Waals surface area (Å²) in [5.74, 6) is -2.90. The van der Waals surface area contributed by atoms with E-state index in [2.05, 4.69) is 4.74 Å². The van der Waals surface area contributed by atoms with Crippen LogP contribution in [0.2, 0.25) is 0 Å². The van der Waals surface area contributed by atoms with Gasteiger partial charge < -0.3 is 4.74 Å². The van der Waals surface area contributed by atoms with E-state index in [0.29, 0.717) is 0 Å². The van der Waals surface area contributed by atoms with E-state index in [9.17, 15) is 26.8 Å². The second-order valence-corrected chi connectivity index (χ2v) is 7.52. The van der Waals surface area contributed by atoms with E-state index in [1.54, 1.807) is 11.8 Å². The third kappa shape index (κ3) is 4.17. The van der Waals surface area contributed by atoms with Gasteiger partial charge in [0.25, 0.3) is 0 Å². The molecular formula is C15H19F2N3O5S. The summed E-state index contributed by atoms with van der Waals surface area (Å²) in [6.45, 7) is 1.77. The van der Waals surface area contributed by atoms with Crippen LogP contribution in [0.15, 0.2) is 23.1 Å². The number of rotatable bonds is 4. The Balaban J connectivity index is 2.06. The first kappa shape index (κ1) is 20.2. The maximum atomic E-state index is 13.8. The maximum Gasteiger partial charge on any atom is 0.413 e. The number of amides is 2. The summed E-state index contributed by atoms with van der Waals surface area (Å²) in [6.07, 6.45) is -0.891. The van der Waals surface area contributed by atoms with Gasteiger partial charge in [0.05, 0.1) is 13.2 Å². The summed E-state index contributed by atoms with van der Waals surface area (Å²) in [5.41, 5.74) is 0. The average molecular weight is 391 g/mol. The molecule has 0 unspecified atom stereocenters. The summed E-state index contributed by atoms with van der Waals surface area (Å²) in [7, 11) is -3.21. The molecule has 26 heavy (non-hydrogen) atoms. The zero-order valence-corrected chi connectivity index (χ0v) is 15.1. The lowest BCUT2D eigenvalue weighted by molar-refractivity contribution is -0.125. The third-order valence-electron chi connectivity index (χ3n) is 4.13. The first-order valence-electron chi connectivity index (χ1n) is 7.75. The van der Waals surface area contributed by atoms with Gasteiger partial charge in [-0.15, -0.1) is 0 Å². The summed E-state index contributed by atoms with van der Waals surface area (Å²) >= 11 is 0. The molecule has 1 aliphatic heterocycles. The van der Waals surface area contributed by atoms with Gasteiger partial charge in [0.1, 0.15) is 11.6 Å². The number of benzene rings is 1. The molecule has 1 atom stereocenters. The van der Waals surface area contributed by atoms with Crippen molar-refractivity contribution in [2.45, 2.75) is 17.9 Å². The fourth-order valence-electron chi connectivity index (χ4n) is 2.61. The molecule has 0 aromatic heterocycles. The molecule has 144 valence electrons. The number of imide groups is 1. The quantitative estimate of drug-likeness (QED) is 0.805. The van der Waals surface area contributed by atoms with Crippen LogP contribution in [-0.2, 0) is 19.6 Å². The summed E-state index contributed by atoms with van der Waals surface area (Å²) in [6, 6.07) is 2.14. The minimum atomic E-state index is -4.33. The highest BCUT2D eigenvalue weighted by atomic mass is 32.2. The van der Waals surface area contributed by atoms with Gasteiger partial charge in [-0.05, 0) is 19.1 Å². The number of nitrogens with zero attached hydrogens (tertiary/aromatic N) is 2. The Bertz CT molecular complexity index is 774. The highest BCUT2D eigenvalue weighted by Crippen LogP contribution is 2.23. The van der Waals surface area contributed by atoms with Crippen LogP contribution in [0.4, 0.5) is 13.6 Å². The number of nitrogens with one attached hydrogen (secondary N) is 1. The number of piperazine rings is 1. The molecule has 1 aliphatic rings. The fourth-order valence-corrected chi connectivity index (χ4v) is 4.14. The highest BCUT2D eigenvalue weighted by molar-refractivity contribution is 7.89. The van der Waals surface area contributed by atoms with Crippen LogP contribution >= 0.6 is 0 Å². The Morgan fingerprint density at radius 3 is 2.19 bits per heavy atom. The van der Waals surface area contributed by atoms with E-state index in [-0.39, 0.29) is 26.2 Å². The number of hydrogen-bond acceptors (Lipinski definition) is 6. The van der Waals surface area contributed by atoms with E-state index in [4.69, 9.17) is 0 Å². The van der Waals surface area contributed by atoms with E-state index in [1.807, 2.05) is 5.32 Å². The molecule has 1 fully saturated rings. The molecule has 1 heterocycles. The standard InChI is InChI=1S/C15H19F2N3O5S/c1-10(14(21)18-15(22)25-2)19-6-8-20(9-7-19)26(23,24)13-11(16)4-3-5-12(13)17/h3-5,10H,6-9H2,1-2H3,(H,18,21,22)/t10-/m1/s1. The lowest BCUT2D eigenvalue weighted by Crippen LogP contribution is -2.55. The second kappa shape index (κ2) is 8.06. The largest absolute Gasteiger partial charge is 0.453 e. The molecule has 1 N–H and O–H groups in total. The Morgan fingerprint density at radius 2 is 1.69 bits per heavy atom. The van der Waals surface area contributed by atoms with Crippen molar-refractivity contribution in [1.82, 2.24) is 14.5 Å². The van der Waals surface area contributed by atoms with Gasteiger partial charge in [-0.1, -0.05) is 6.07 Å². The van der Waals surface area contributed by atoms with Gasteiger partial charge >= 0.3 is 6.09 Å². The van der Waals surface area contributed by atoms with Crippen LogP contribution < -0.4 is 5.32 Å². The number of carbonyl (C=O) groups excluding carboxylic acids is 2. The molecule has 1 aromatic carbocycles. The monoisotopic (exact) mass is 391 g/mol. The van der Waals surface area contributed by atoms with Crippen LogP contribution in [0.5, 0.6) is 0 Å². The lowest BCUT2D eigenvalue weighted by atomic mass is 10.2. The van der Waals surface area contributed by atoms with Gasteiger partial charge in [-0.25, -0.2) is 22.0 Å². The zero-order valence-electron chi connectivity index (χ0n) is 14.2. The Labute approximate surface area is 149 Å². The van der Waals surface area contributed by atoms with Gasteiger partial charge in [-0.2, -0.15) is 4.31 Å². The number of hydrogen-bond donors (Lipinski definition) is 1. The molecule has 0 spiro atoms. The maximum absolute atomic E-state index is 13.8. The number of carbonyl (C=O) groups is 2. The van der Waals surface area contributed by atoms with Crippen molar-refractivity contribution in [2.24, 2.45) is 0 Å². The molecule has 1 saturated heterocycles. The predicted octanol–water partition coefficient (Wildman–Crippen LogP) is 0.542. The molecule has 0 aliphatic carbocycles. The van der Waals surface area contributed by atoms with Crippen LogP contribution in [0.1, 0.15) is 6.92 Å². The van der Waals surface area contributed by atoms with Gasteiger partial charge in [-0.3, -0.25) is 15.0 Å². The van der Waals surface area contributed by atoms with Crippen LogP contribution in [0, 0.1) is 11.6 Å². The topological polar surface area (TPSA) is 96.0 Å². The van der Waals surface area contributed by atoms with Crippen LogP contribution in [0.3, 0.4) is 0 Å². The van der Waals surface area contributed by atoms with Crippen molar-refractivity contribution in [3.63, 3.8) is 0 Å². The van der Waals surface area contributed by atoms with Crippen molar-refractivity contribution in [2.75, 3.05) is 33.3 Å². The number of halogens is 2. The molecular weight excluding hydrogens is 372 g/mol. The molecule has 0 radical (unpaired) electrons. The van der Waals surface area contributed by atoms with Crippen molar-refractivity contribution < 1.29 is 31.5 Å². The smallest absolute Gasteiger partial charge is 0.413 e. The minimum absolute atomic E-state index is 0.0497. The van der Waals surface area contributed by atoms with Crippen molar-refractivity contribution in [3.05, 3.63) is 29.8 Å². The zero-order chi connectivity index (χ0) is 19.5. The normalized spacial score (nSPS) is 17.5. The second-order valence-electron chi connectivity index (χ2n) is 5.65.